The van der Waals surface area contributed by atoms with Crippen LogP contribution in [-0.4, -0.2) is 46.2 Å². The van der Waals surface area contributed by atoms with Crippen LogP contribution in [0.3, 0.4) is 0 Å². The Balaban J connectivity index is 2.38. The average Bonchev–Trinajstić information content (AvgIpc) is 2.44. The molecule has 1 aliphatic heterocycles. The fourth-order valence-corrected chi connectivity index (χ4v) is 4.16. The summed E-state index contributed by atoms with van der Waals surface area (Å²) in [4.78, 5) is 11.7. The molecule has 6 nitrogen and oxygen atoms in total. The highest BCUT2D eigenvalue weighted by atomic mass is 32.2. The van der Waals surface area contributed by atoms with Gasteiger partial charge in [-0.05, 0) is 13.0 Å². The van der Waals surface area contributed by atoms with E-state index in [-0.39, 0.29) is 11.5 Å². The van der Waals surface area contributed by atoms with Gasteiger partial charge in [-0.15, -0.1) is 0 Å². The van der Waals surface area contributed by atoms with Crippen molar-refractivity contribution in [3.8, 4) is 5.75 Å². The average molecular weight is 313 g/mol. The van der Waals surface area contributed by atoms with Gasteiger partial charge in [0.25, 0.3) is 0 Å². The summed E-state index contributed by atoms with van der Waals surface area (Å²) < 4.78 is 34.1. The maximum Gasteiger partial charge on any atom is 0.323 e. The molecule has 1 saturated heterocycles. The van der Waals surface area contributed by atoms with Crippen LogP contribution in [0.15, 0.2) is 18.2 Å². The van der Waals surface area contributed by atoms with Crippen LogP contribution < -0.4 is 10.1 Å². The minimum atomic E-state index is -3.34. The van der Waals surface area contributed by atoms with E-state index in [4.69, 9.17) is 4.74 Å². The quantitative estimate of drug-likeness (QED) is 0.823. The third kappa shape index (κ3) is 3.54. The van der Waals surface area contributed by atoms with Crippen molar-refractivity contribution in [2.45, 2.75) is 19.0 Å². The van der Waals surface area contributed by atoms with Crippen LogP contribution in [0.1, 0.15) is 17.2 Å². The van der Waals surface area contributed by atoms with Gasteiger partial charge in [-0.2, -0.15) is 0 Å². The lowest BCUT2D eigenvalue weighted by Gasteiger charge is -2.30. The van der Waals surface area contributed by atoms with Gasteiger partial charge in [0.2, 0.25) is 0 Å². The van der Waals surface area contributed by atoms with Crippen molar-refractivity contribution >= 4 is 15.8 Å². The molecule has 2 atom stereocenters. The number of esters is 1. The van der Waals surface area contributed by atoms with Gasteiger partial charge in [0.05, 0.1) is 31.8 Å². The van der Waals surface area contributed by atoms with Crippen LogP contribution >= 0.6 is 0 Å². The minimum absolute atomic E-state index is 0.0691. The zero-order valence-corrected chi connectivity index (χ0v) is 13.1. The fraction of sp³-hybridized carbons (Fsp3) is 0.500. The standard InChI is InChI=1S/C14H19NO5S/c1-9-4-5-13(19-2)10(6-9)11-7-21(17,18)8-12(15-11)14(16)20-3/h4-6,11-12,15H,7-8H2,1-3H3. The van der Waals surface area contributed by atoms with E-state index in [1.165, 1.54) is 14.2 Å². The molecule has 21 heavy (non-hydrogen) atoms. The maximum absolute atomic E-state index is 12.1. The van der Waals surface area contributed by atoms with E-state index in [0.717, 1.165) is 11.1 Å². The Kier molecular flexibility index (Phi) is 4.53. The Morgan fingerprint density at radius 1 is 1.29 bits per heavy atom. The first-order valence-electron chi connectivity index (χ1n) is 6.55. The van der Waals surface area contributed by atoms with Gasteiger partial charge in [-0.3, -0.25) is 10.1 Å². The predicted molar refractivity (Wildman–Crippen MR) is 78.1 cm³/mol. The highest BCUT2D eigenvalue weighted by molar-refractivity contribution is 7.91. The second kappa shape index (κ2) is 6.03. The van der Waals surface area contributed by atoms with Gasteiger partial charge in [0.1, 0.15) is 11.8 Å². The summed E-state index contributed by atoms with van der Waals surface area (Å²) >= 11 is 0. The number of carbonyl (C=O) groups excluding carboxylic acids is 1. The fourth-order valence-electron chi connectivity index (χ4n) is 2.50. The maximum atomic E-state index is 12.1. The third-order valence-corrected chi connectivity index (χ3v) is 5.17. The minimum Gasteiger partial charge on any atom is -0.496 e. The summed E-state index contributed by atoms with van der Waals surface area (Å²) in [6.07, 6.45) is 0. The molecule has 1 fully saturated rings. The molecule has 116 valence electrons. The van der Waals surface area contributed by atoms with E-state index < -0.39 is 27.9 Å². The van der Waals surface area contributed by atoms with Crippen LogP contribution in [-0.2, 0) is 19.4 Å². The number of ether oxygens (including phenoxy) is 2. The van der Waals surface area contributed by atoms with Gasteiger partial charge in [0.15, 0.2) is 9.84 Å². The van der Waals surface area contributed by atoms with Gasteiger partial charge in [0, 0.05) is 5.56 Å². The molecule has 7 heteroatoms. The van der Waals surface area contributed by atoms with E-state index >= 15 is 0 Å². The Morgan fingerprint density at radius 3 is 2.62 bits per heavy atom. The smallest absolute Gasteiger partial charge is 0.323 e. The van der Waals surface area contributed by atoms with Crippen LogP contribution in [0.5, 0.6) is 5.75 Å². The predicted octanol–water partition coefficient (Wildman–Crippen LogP) is 0.604. The summed E-state index contributed by atoms with van der Waals surface area (Å²) in [5.41, 5.74) is 1.72. The SMILES string of the molecule is COC(=O)C1CS(=O)(=O)CC(c2cc(C)ccc2OC)N1. The van der Waals surface area contributed by atoms with E-state index in [1.54, 1.807) is 6.07 Å². The number of hydrogen-bond acceptors (Lipinski definition) is 6. The Hall–Kier alpha value is -1.60. The Morgan fingerprint density at radius 2 is 2.00 bits per heavy atom. The van der Waals surface area contributed by atoms with Crippen LogP contribution in [0, 0.1) is 6.92 Å². The number of nitrogens with one attached hydrogen (secondary N) is 1. The van der Waals surface area contributed by atoms with Crippen molar-refractivity contribution in [1.82, 2.24) is 5.32 Å². The molecule has 0 bridgehead atoms. The lowest BCUT2D eigenvalue weighted by Crippen LogP contribution is -2.51. The molecule has 1 N–H and O–H groups in total. The first-order chi connectivity index (χ1) is 9.86. The van der Waals surface area contributed by atoms with Crippen molar-refractivity contribution in [2.75, 3.05) is 25.7 Å². The molecule has 0 saturated carbocycles. The van der Waals surface area contributed by atoms with Crippen LogP contribution in [0.2, 0.25) is 0 Å². The van der Waals surface area contributed by atoms with Gasteiger partial charge < -0.3 is 9.47 Å². The van der Waals surface area contributed by atoms with Crippen molar-refractivity contribution in [3.05, 3.63) is 29.3 Å². The van der Waals surface area contributed by atoms with Gasteiger partial charge in [-0.25, -0.2) is 8.42 Å². The molecule has 2 rings (SSSR count). The molecule has 0 aromatic heterocycles. The number of carbonyl (C=O) groups is 1. The zero-order chi connectivity index (χ0) is 15.6. The Bertz CT molecular complexity index is 641. The van der Waals surface area contributed by atoms with E-state index in [2.05, 4.69) is 10.1 Å². The molecule has 1 heterocycles. The van der Waals surface area contributed by atoms with Crippen LogP contribution in [0.25, 0.3) is 0 Å². The molecule has 1 aromatic rings. The van der Waals surface area contributed by atoms with E-state index in [9.17, 15) is 13.2 Å². The second-order valence-corrected chi connectivity index (χ2v) is 7.27. The van der Waals surface area contributed by atoms with Crippen LogP contribution in [0.4, 0.5) is 0 Å². The highest BCUT2D eigenvalue weighted by Crippen LogP contribution is 2.30. The summed E-state index contributed by atoms with van der Waals surface area (Å²) in [7, 11) is -0.566. The normalized spacial score (nSPS) is 24.3. The van der Waals surface area contributed by atoms with Crippen molar-refractivity contribution in [2.24, 2.45) is 0 Å². The van der Waals surface area contributed by atoms with Crippen molar-refractivity contribution in [3.63, 3.8) is 0 Å². The summed E-state index contributed by atoms with van der Waals surface area (Å²) in [6.45, 7) is 1.91. The molecule has 2 unspecified atom stereocenters. The molecule has 0 amide bonds. The molecule has 0 aliphatic carbocycles. The summed E-state index contributed by atoms with van der Waals surface area (Å²) in [5.74, 6) is -0.293. The van der Waals surface area contributed by atoms with Crippen molar-refractivity contribution < 1.29 is 22.7 Å². The number of sulfone groups is 1. The molecule has 1 aliphatic rings. The monoisotopic (exact) mass is 313 g/mol. The molecule has 0 radical (unpaired) electrons. The van der Waals surface area contributed by atoms with Crippen molar-refractivity contribution in [1.29, 1.82) is 0 Å². The first-order valence-corrected chi connectivity index (χ1v) is 8.37. The first kappa shape index (κ1) is 15.8. The zero-order valence-electron chi connectivity index (χ0n) is 12.3. The molecular formula is C14H19NO5S. The number of aryl methyl sites for hydroxylation is 1. The van der Waals surface area contributed by atoms with E-state index in [1.807, 2.05) is 19.1 Å². The highest BCUT2D eigenvalue weighted by Gasteiger charge is 2.37. The number of benzene rings is 1. The van der Waals surface area contributed by atoms with Gasteiger partial charge >= 0.3 is 5.97 Å². The molecule has 1 aromatic carbocycles. The number of hydrogen-bond donors (Lipinski definition) is 1. The van der Waals surface area contributed by atoms with Gasteiger partial charge in [-0.1, -0.05) is 17.7 Å². The number of methoxy groups -OCH3 is 2. The Labute approximate surface area is 124 Å². The third-order valence-electron chi connectivity index (χ3n) is 3.49. The second-order valence-electron chi connectivity index (χ2n) is 5.12. The lowest BCUT2D eigenvalue weighted by molar-refractivity contribution is -0.142. The summed E-state index contributed by atoms with van der Waals surface area (Å²) in [5, 5.41) is 3.04. The largest absolute Gasteiger partial charge is 0.496 e. The lowest BCUT2D eigenvalue weighted by atomic mass is 10.0. The molecule has 0 spiro atoms. The summed E-state index contributed by atoms with van der Waals surface area (Å²) in [6, 6.07) is 4.19. The topological polar surface area (TPSA) is 81.7 Å². The van der Waals surface area contributed by atoms with E-state index in [0.29, 0.717) is 5.75 Å². The number of rotatable bonds is 3. The molecular weight excluding hydrogens is 294 g/mol.